The molecule has 0 radical (unpaired) electrons. The van der Waals surface area contributed by atoms with E-state index in [2.05, 4.69) is 231 Å². The molecule has 10 rings (SSSR count). The van der Waals surface area contributed by atoms with Crippen molar-refractivity contribution < 1.29 is 0 Å². The highest BCUT2D eigenvalue weighted by Gasteiger charge is 2.35. The lowest BCUT2D eigenvalue weighted by molar-refractivity contribution is 0.660. The van der Waals surface area contributed by atoms with E-state index in [0.717, 1.165) is 17.1 Å². The van der Waals surface area contributed by atoms with E-state index in [1.807, 2.05) is 0 Å². The van der Waals surface area contributed by atoms with Crippen LogP contribution in [0.4, 0.5) is 17.1 Å². The summed E-state index contributed by atoms with van der Waals surface area (Å²) in [5.74, 6) is 0. The number of nitrogens with zero attached hydrogens (tertiary/aromatic N) is 1. The van der Waals surface area contributed by atoms with Crippen LogP contribution in [0, 0.1) is 0 Å². The summed E-state index contributed by atoms with van der Waals surface area (Å²) in [5.41, 5.74) is 18.2. The van der Waals surface area contributed by atoms with E-state index in [9.17, 15) is 0 Å². The topological polar surface area (TPSA) is 3.24 Å². The molecule has 0 bridgehead atoms. The molecule has 1 heteroatoms. The summed E-state index contributed by atoms with van der Waals surface area (Å²) in [6, 6.07) is 77.7. The van der Waals surface area contributed by atoms with Crippen LogP contribution in [-0.4, -0.2) is 0 Å². The van der Waals surface area contributed by atoms with E-state index >= 15 is 0 Å². The largest absolute Gasteiger partial charge is 0.309 e. The van der Waals surface area contributed by atoms with Crippen LogP contribution >= 0.6 is 0 Å². The Morgan fingerprint density at radius 1 is 0.339 bits per heavy atom. The Hall–Kier alpha value is -6.96. The van der Waals surface area contributed by atoms with Crippen LogP contribution < -0.4 is 4.90 Å². The summed E-state index contributed by atoms with van der Waals surface area (Å²) >= 11 is 0. The van der Waals surface area contributed by atoms with Crippen molar-refractivity contribution >= 4 is 27.8 Å². The van der Waals surface area contributed by atoms with Crippen LogP contribution in [-0.2, 0) is 5.41 Å². The first kappa shape index (κ1) is 33.6. The maximum atomic E-state index is 2.48. The summed E-state index contributed by atoms with van der Waals surface area (Å²) in [7, 11) is 0. The third-order valence-electron chi connectivity index (χ3n) is 11.7. The van der Waals surface area contributed by atoms with Crippen LogP contribution in [0.25, 0.3) is 66.4 Å². The fraction of sp³-hybridized carbons (Fsp3) is 0.0545. The molecule has 1 nitrogen and oxygen atoms in total. The first-order chi connectivity index (χ1) is 27.6. The highest BCUT2D eigenvalue weighted by atomic mass is 15.1. The van der Waals surface area contributed by atoms with Crippen LogP contribution in [0.15, 0.2) is 212 Å². The molecule has 0 heterocycles. The van der Waals surface area contributed by atoms with Crippen molar-refractivity contribution in [2.75, 3.05) is 4.90 Å². The van der Waals surface area contributed by atoms with Gasteiger partial charge in [-0.15, -0.1) is 0 Å². The lowest BCUT2D eigenvalue weighted by Crippen LogP contribution is -2.15. The van der Waals surface area contributed by atoms with Gasteiger partial charge in [-0.3, -0.25) is 0 Å². The Bertz CT molecular complexity index is 2880. The number of hydrogen-bond donors (Lipinski definition) is 0. The Kier molecular flexibility index (Phi) is 8.23. The van der Waals surface area contributed by atoms with Crippen molar-refractivity contribution in [3.8, 4) is 55.6 Å². The molecule has 0 amide bonds. The molecule has 0 saturated carbocycles. The van der Waals surface area contributed by atoms with E-state index < -0.39 is 0 Å². The van der Waals surface area contributed by atoms with Gasteiger partial charge in [-0.25, -0.2) is 0 Å². The van der Waals surface area contributed by atoms with Crippen LogP contribution in [0.3, 0.4) is 0 Å². The maximum Gasteiger partial charge on any atom is 0.0546 e. The van der Waals surface area contributed by atoms with Gasteiger partial charge in [0.2, 0.25) is 0 Å². The van der Waals surface area contributed by atoms with Gasteiger partial charge >= 0.3 is 0 Å². The minimum atomic E-state index is -0.102. The monoisotopic (exact) mass is 715 g/mol. The second kappa shape index (κ2) is 13.7. The Morgan fingerprint density at radius 3 is 1.73 bits per heavy atom. The van der Waals surface area contributed by atoms with E-state index in [4.69, 9.17) is 0 Å². The second-order valence-corrected chi connectivity index (χ2v) is 15.3. The summed E-state index contributed by atoms with van der Waals surface area (Å²) in [6.45, 7) is 4.72. The van der Waals surface area contributed by atoms with E-state index in [1.54, 1.807) is 0 Å². The van der Waals surface area contributed by atoms with Gasteiger partial charge in [-0.05, 0) is 96.7 Å². The number of hydrogen-bond acceptors (Lipinski definition) is 1. The lowest BCUT2D eigenvalue weighted by Gasteiger charge is -2.31. The molecular formula is C55H41N. The summed E-state index contributed by atoms with van der Waals surface area (Å²) in [5, 5.41) is 2.48. The minimum Gasteiger partial charge on any atom is -0.309 e. The molecule has 0 unspecified atom stereocenters. The van der Waals surface area contributed by atoms with Gasteiger partial charge in [0.05, 0.1) is 11.4 Å². The standard InChI is InChI=1S/C55H41N/c1-55(2)50-31-13-11-28-48(50)49-35-34-42(37-51(49)55)47-30-17-33-53(54(47)40-21-7-4-8-22-40)56(52-32-14-12-27-46(52)39-18-5-3-6-19-39)43-25-15-24-41(36-43)45-29-16-23-38-20-9-10-26-44(38)45/h3-37H,1-2H3. The Morgan fingerprint density at radius 2 is 0.893 bits per heavy atom. The molecule has 0 saturated heterocycles. The zero-order valence-corrected chi connectivity index (χ0v) is 31.7. The smallest absolute Gasteiger partial charge is 0.0546 e. The molecular weight excluding hydrogens is 675 g/mol. The average Bonchev–Trinajstić information content (AvgIpc) is 3.49. The quantitative estimate of drug-likeness (QED) is 0.159. The van der Waals surface area contributed by atoms with E-state index in [1.165, 1.54) is 77.5 Å². The molecule has 0 fully saturated rings. The van der Waals surface area contributed by atoms with Gasteiger partial charge in [-0.2, -0.15) is 0 Å². The fourth-order valence-corrected chi connectivity index (χ4v) is 8.98. The number of benzene rings is 9. The highest BCUT2D eigenvalue weighted by molar-refractivity contribution is 6.01. The molecule has 56 heavy (non-hydrogen) atoms. The molecule has 0 atom stereocenters. The third-order valence-corrected chi connectivity index (χ3v) is 11.7. The van der Waals surface area contributed by atoms with Gasteiger partial charge in [0, 0.05) is 22.2 Å². The molecule has 0 aromatic heterocycles. The normalized spacial score (nSPS) is 12.6. The zero-order valence-electron chi connectivity index (χ0n) is 31.7. The first-order valence-corrected chi connectivity index (χ1v) is 19.5. The SMILES string of the molecule is CC1(C)c2ccccc2-c2ccc(-c3cccc(N(c4cccc(-c5cccc6ccccc56)c4)c4ccccc4-c4ccccc4)c3-c3ccccc3)cc21. The fourth-order valence-electron chi connectivity index (χ4n) is 8.98. The molecule has 9 aromatic rings. The summed E-state index contributed by atoms with van der Waals surface area (Å²) in [6.07, 6.45) is 0. The van der Waals surface area contributed by atoms with Crippen LogP contribution in [0.5, 0.6) is 0 Å². The third kappa shape index (κ3) is 5.63. The van der Waals surface area contributed by atoms with Crippen molar-refractivity contribution in [3.05, 3.63) is 223 Å². The molecule has 0 N–H and O–H groups in total. The van der Waals surface area contributed by atoms with Crippen molar-refractivity contribution in [2.24, 2.45) is 0 Å². The minimum absolute atomic E-state index is 0.102. The number of rotatable bonds is 7. The lowest BCUT2D eigenvalue weighted by atomic mass is 9.81. The molecule has 266 valence electrons. The van der Waals surface area contributed by atoms with Gasteiger partial charge < -0.3 is 4.90 Å². The molecule has 0 aliphatic heterocycles. The molecule has 1 aliphatic rings. The van der Waals surface area contributed by atoms with Gasteiger partial charge in [0.15, 0.2) is 0 Å². The van der Waals surface area contributed by atoms with Crippen molar-refractivity contribution in [1.82, 2.24) is 0 Å². The predicted octanol–water partition coefficient (Wildman–Crippen LogP) is 15.3. The average molecular weight is 716 g/mol. The molecule has 1 aliphatic carbocycles. The van der Waals surface area contributed by atoms with Crippen LogP contribution in [0.2, 0.25) is 0 Å². The van der Waals surface area contributed by atoms with Gasteiger partial charge in [0.1, 0.15) is 0 Å². The second-order valence-electron chi connectivity index (χ2n) is 15.3. The van der Waals surface area contributed by atoms with E-state index in [-0.39, 0.29) is 5.41 Å². The number of para-hydroxylation sites is 1. The number of fused-ring (bicyclic) bond motifs is 4. The first-order valence-electron chi connectivity index (χ1n) is 19.5. The van der Waals surface area contributed by atoms with Gasteiger partial charge in [0.25, 0.3) is 0 Å². The summed E-state index contributed by atoms with van der Waals surface area (Å²) < 4.78 is 0. The highest BCUT2D eigenvalue weighted by Crippen LogP contribution is 2.52. The molecule has 0 spiro atoms. The Labute approximate surface area is 329 Å². The van der Waals surface area contributed by atoms with Gasteiger partial charge in [-0.1, -0.05) is 196 Å². The van der Waals surface area contributed by atoms with Crippen molar-refractivity contribution in [3.63, 3.8) is 0 Å². The molecule has 9 aromatic carbocycles. The predicted molar refractivity (Wildman–Crippen MR) is 238 cm³/mol. The van der Waals surface area contributed by atoms with Crippen molar-refractivity contribution in [1.29, 1.82) is 0 Å². The Balaban J connectivity index is 1.24. The van der Waals surface area contributed by atoms with Crippen LogP contribution in [0.1, 0.15) is 25.0 Å². The van der Waals surface area contributed by atoms with E-state index in [0.29, 0.717) is 0 Å². The van der Waals surface area contributed by atoms with Crippen molar-refractivity contribution in [2.45, 2.75) is 19.3 Å². The number of anilines is 3. The summed E-state index contributed by atoms with van der Waals surface area (Å²) in [4.78, 5) is 2.48. The maximum absolute atomic E-state index is 2.48. The zero-order chi connectivity index (χ0) is 37.6.